The minimum Gasteiger partial charge on any atom is -0.493 e. The summed E-state index contributed by atoms with van der Waals surface area (Å²) in [4.78, 5) is 31.3. The standard InChI is InChI=1S/C23H25N5O3/c1-2-16-8-10-18(11-9-16)28-22(30)19(21(29)26-23(28)31)15-25-27-13-4-3-7-20(27)17-6-5-12-24-14-17/h5-6,8-12,14-15,20,30H,2-4,7,13H2,1H3,(H,26,29,31). The lowest BCUT2D eigenvalue weighted by Crippen LogP contribution is -2.32. The number of aromatic amines is 1. The number of benzene rings is 1. The van der Waals surface area contributed by atoms with Crippen LogP contribution in [-0.4, -0.2) is 37.4 Å². The van der Waals surface area contributed by atoms with E-state index in [1.807, 2.05) is 42.4 Å². The monoisotopic (exact) mass is 419 g/mol. The molecule has 1 aromatic carbocycles. The van der Waals surface area contributed by atoms with Crippen molar-refractivity contribution in [1.29, 1.82) is 0 Å². The zero-order valence-corrected chi connectivity index (χ0v) is 17.4. The quantitative estimate of drug-likeness (QED) is 0.619. The first-order valence-corrected chi connectivity index (χ1v) is 10.5. The summed E-state index contributed by atoms with van der Waals surface area (Å²) in [5.41, 5.74) is 1.19. The third-order valence-corrected chi connectivity index (χ3v) is 5.60. The number of rotatable bonds is 5. The molecule has 2 aromatic heterocycles. The second-order valence-corrected chi connectivity index (χ2v) is 7.56. The Labute approximate surface area is 179 Å². The SMILES string of the molecule is CCc1ccc(-n2c(O)c(C=NN3CCCCC3c3cccnc3)c(=O)[nH]c2=O)cc1. The molecule has 31 heavy (non-hydrogen) atoms. The fourth-order valence-corrected chi connectivity index (χ4v) is 3.87. The van der Waals surface area contributed by atoms with Crippen molar-refractivity contribution in [2.24, 2.45) is 5.10 Å². The van der Waals surface area contributed by atoms with Crippen LogP contribution in [0.25, 0.3) is 5.69 Å². The van der Waals surface area contributed by atoms with Gasteiger partial charge in [-0.15, -0.1) is 0 Å². The van der Waals surface area contributed by atoms with Gasteiger partial charge in [0.15, 0.2) is 0 Å². The Bertz CT molecular complexity index is 1180. The summed E-state index contributed by atoms with van der Waals surface area (Å²) in [6, 6.07) is 11.2. The summed E-state index contributed by atoms with van der Waals surface area (Å²) in [5, 5.41) is 17.2. The van der Waals surface area contributed by atoms with Gasteiger partial charge in [0, 0.05) is 18.9 Å². The van der Waals surface area contributed by atoms with Crippen LogP contribution in [-0.2, 0) is 6.42 Å². The third-order valence-electron chi connectivity index (χ3n) is 5.60. The van der Waals surface area contributed by atoms with E-state index < -0.39 is 17.1 Å². The molecule has 3 aromatic rings. The summed E-state index contributed by atoms with van der Waals surface area (Å²) < 4.78 is 1.08. The number of hydrogen-bond donors (Lipinski definition) is 2. The molecule has 0 spiro atoms. The van der Waals surface area contributed by atoms with E-state index >= 15 is 0 Å². The van der Waals surface area contributed by atoms with Crippen molar-refractivity contribution in [1.82, 2.24) is 19.5 Å². The molecular weight excluding hydrogens is 394 g/mol. The first-order chi connectivity index (χ1) is 15.1. The average molecular weight is 419 g/mol. The molecule has 1 fully saturated rings. The molecule has 2 N–H and O–H groups in total. The van der Waals surface area contributed by atoms with E-state index in [1.54, 1.807) is 18.3 Å². The highest BCUT2D eigenvalue weighted by Crippen LogP contribution is 2.30. The number of aromatic nitrogens is 3. The first kappa shape index (κ1) is 20.6. The Hall–Kier alpha value is -3.68. The largest absolute Gasteiger partial charge is 0.493 e. The molecule has 1 aliphatic rings. The maximum Gasteiger partial charge on any atom is 0.335 e. The Morgan fingerprint density at radius 1 is 1.23 bits per heavy atom. The van der Waals surface area contributed by atoms with Crippen molar-refractivity contribution in [2.45, 2.75) is 38.6 Å². The smallest absolute Gasteiger partial charge is 0.335 e. The fourth-order valence-electron chi connectivity index (χ4n) is 3.87. The second-order valence-electron chi connectivity index (χ2n) is 7.56. The summed E-state index contributed by atoms with van der Waals surface area (Å²) in [6.07, 6.45) is 8.74. The molecule has 0 aliphatic carbocycles. The van der Waals surface area contributed by atoms with Crippen molar-refractivity contribution >= 4 is 6.21 Å². The van der Waals surface area contributed by atoms with Crippen LogP contribution in [0, 0.1) is 0 Å². The highest BCUT2D eigenvalue weighted by atomic mass is 16.3. The summed E-state index contributed by atoms with van der Waals surface area (Å²) in [6.45, 7) is 2.76. The zero-order valence-electron chi connectivity index (χ0n) is 17.4. The highest BCUT2D eigenvalue weighted by molar-refractivity contribution is 5.82. The molecule has 1 aliphatic heterocycles. The minimum absolute atomic E-state index is 0.0485. The normalized spacial score (nSPS) is 16.7. The number of pyridine rings is 1. The van der Waals surface area contributed by atoms with E-state index in [0.717, 1.165) is 47.9 Å². The Morgan fingerprint density at radius 3 is 2.74 bits per heavy atom. The van der Waals surface area contributed by atoms with E-state index in [0.29, 0.717) is 5.69 Å². The number of nitrogens with zero attached hydrogens (tertiary/aromatic N) is 4. The molecule has 0 amide bonds. The number of hydrazone groups is 1. The van der Waals surface area contributed by atoms with Crippen LogP contribution in [0.1, 0.15) is 48.9 Å². The molecule has 8 nitrogen and oxygen atoms in total. The second kappa shape index (κ2) is 8.99. The zero-order chi connectivity index (χ0) is 21.8. The van der Waals surface area contributed by atoms with E-state index in [1.165, 1.54) is 6.21 Å². The van der Waals surface area contributed by atoms with Crippen LogP contribution in [0.4, 0.5) is 0 Å². The van der Waals surface area contributed by atoms with Crippen molar-refractivity contribution < 1.29 is 5.11 Å². The average Bonchev–Trinajstić information content (AvgIpc) is 2.80. The van der Waals surface area contributed by atoms with Crippen LogP contribution in [0.5, 0.6) is 5.88 Å². The molecule has 1 unspecified atom stereocenters. The Morgan fingerprint density at radius 2 is 2.03 bits per heavy atom. The van der Waals surface area contributed by atoms with Gasteiger partial charge in [0.25, 0.3) is 5.56 Å². The van der Waals surface area contributed by atoms with Crippen LogP contribution < -0.4 is 11.2 Å². The van der Waals surface area contributed by atoms with Gasteiger partial charge in [0.2, 0.25) is 5.88 Å². The summed E-state index contributed by atoms with van der Waals surface area (Å²) >= 11 is 0. The summed E-state index contributed by atoms with van der Waals surface area (Å²) in [7, 11) is 0. The molecule has 0 bridgehead atoms. The molecule has 8 heteroatoms. The van der Waals surface area contributed by atoms with Gasteiger partial charge in [-0.2, -0.15) is 5.10 Å². The molecule has 160 valence electrons. The van der Waals surface area contributed by atoms with Gasteiger partial charge < -0.3 is 5.11 Å². The van der Waals surface area contributed by atoms with Crippen LogP contribution >= 0.6 is 0 Å². The minimum atomic E-state index is -0.699. The maximum atomic E-state index is 12.4. The predicted molar refractivity (Wildman–Crippen MR) is 119 cm³/mol. The Kier molecular flexibility index (Phi) is 5.97. The number of piperidine rings is 1. The van der Waals surface area contributed by atoms with Crippen molar-refractivity contribution in [3.8, 4) is 11.6 Å². The number of H-pyrrole nitrogens is 1. The van der Waals surface area contributed by atoms with Gasteiger partial charge in [-0.3, -0.25) is 19.8 Å². The Balaban J connectivity index is 1.70. The van der Waals surface area contributed by atoms with Gasteiger partial charge in [0.1, 0.15) is 5.56 Å². The van der Waals surface area contributed by atoms with Gasteiger partial charge >= 0.3 is 5.69 Å². The molecule has 0 saturated carbocycles. The van der Waals surface area contributed by atoms with Crippen molar-refractivity contribution in [2.75, 3.05) is 6.54 Å². The molecule has 1 atom stereocenters. The molecule has 0 radical (unpaired) electrons. The topological polar surface area (TPSA) is 104 Å². The lowest BCUT2D eigenvalue weighted by atomic mass is 9.98. The first-order valence-electron chi connectivity index (χ1n) is 10.5. The molecule has 4 rings (SSSR count). The third kappa shape index (κ3) is 4.28. The van der Waals surface area contributed by atoms with Crippen molar-refractivity contribution in [3.63, 3.8) is 0 Å². The maximum absolute atomic E-state index is 12.4. The van der Waals surface area contributed by atoms with Crippen molar-refractivity contribution in [3.05, 3.63) is 86.3 Å². The van der Waals surface area contributed by atoms with E-state index in [4.69, 9.17) is 0 Å². The molecule has 3 heterocycles. The van der Waals surface area contributed by atoms with E-state index in [-0.39, 0.29) is 11.6 Å². The van der Waals surface area contributed by atoms with Crippen LogP contribution in [0.2, 0.25) is 0 Å². The van der Waals surface area contributed by atoms with Crippen LogP contribution in [0.3, 0.4) is 0 Å². The fraction of sp³-hybridized carbons (Fsp3) is 0.304. The van der Waals surface area contributed by atoms with Gasteiger partial charge in [-0.1, -0.05) is 25.1 Å². The van der Waals surface area contributed by atoms with Crippen LogP contribution in [0.15, 0.2) is 63.5 Å². The van der Waals surface area contributed by atoms with Gasteiger partial charge in [-0.25, -0.2) is 9.36 Å². The molecular formula is C23H25N5O3. The summed E-state index contributed by atoms with van der Waals surface area (Å²) in [5.74, 6) is -0.434. The highest BCUT2D eigenvalue weighted by Gasteiger charge is 2.23. The number of aromatic hydroxyl groups is 1. The lowest BCUT2D eigenvalue weighted by Gasteiger charge is -2.33. The number of nitrogens with one attached hydrogen (secondary N) is 1. The number of hydrogen-bond acceptors (Lipinski definition) is 6. The van der Waals surface area contributed by atoms with E-state index in [9.17, 15) is 14.7 Å². The van der Waals surface area contributed by atoms with Gasteiger partial charge in [0.05, 0.1) is 17.9 Å². The molecule has 1 saturated heterocycles. The van der Waals surface area contributed by atoms with E-state index in [2.05, 4.69) is 15.1 Å². The van der Waals surface area contributed by atoms with Gasteiger partial charge in [-0.05, 0) is 55.0 Å². The lowest BCUT2D eigenvalue weighted by molar-refractivity contribution is 0.156. The predicted octanol–water partition coefficient (Wildman–Crippen LogP) is 2.75. The number of aryl methyl sites for hydroxylation is 1.